The van der Waals surface area contributed by atoms with E-state index >= 15 is 0 Å². The first kappa shape index (κ1) is 20.2. The Morgan fingerprint density at radius 3 is 2.50 bits per heavy atom. The quantitative estimate of drug-likeness (QED) is 0.780. The zero-order chi connectivity index (χ0) is 20.8. The van der Waals surface area contributed by atoms with Crippen molar-refractivity contribution in [2.75, 3.05) is 12.4 Å². The Kier molecular flexibility index (Phi) is 5.13. The van der Waals surface area contributed by atoms with Crippen LogP contribution in [0, 0.1) is 0 Å². The Hall–Kier alpha value is -2.56. The standard InChI is InChI=1S/C16H18ClF3N6O2/c1-7(14(27)22-9-6-25(3)23-11(9)15(28)21-2)26-12(8-4-5-8)10(17)13(24-26)16(18,19)20/h6-8H,4-5H2,1-3H3,(H,21,28)(H,22,27). The first-order chi connectivity index (χ1) is 13.0. The lowest BCUT2D eigenvalue weighted by molar-refractivity contribution is -0.141. The van der Waals surface area contributed by atoms with Crippen LogP contribution < -0.4 is 10.6 Å². The summed E-state index contributed by atoms with van der Waals surface area (Å²) in [5.41, 5.74) is -0.874. The summed E-state index contributed by atoms with van der Waals surface area (Å²) in [6, 6.07) is -1.08. The number of carbonyl (C=O) groups excluding carboxylic acids is 2. The van der Waals surface area contributed by atoms with Gasteiger partial charge >= 0.3 is 6.18 Å². The van der Waals surface area contributed by atoms with Gasteiger partial charge in [-0.15, -0.1) is 0 Å². The van der Waals surface area contributed by atoms with Crippen LogP contribution >= 0.6 is 11.6 Å². The second kappa shape index (κ2) is 7.12. The van der Waals surface area contributed by atoms with Gasteiger partial charge < -0.3 is 10.6 Å². The third-order valence-electron chi connectivity index (χ3n) is 4.39. The lowest BCUT2D eigenvalue weighted by atomic mass is 10.2. The SMILES string of the molecule is CNC(=O)c1nn(C)cc1NC(=O)C(C)n1nc(C(F)(F)F)c(Cl)c1C1CC1. The number of halogens is 4. The number of hydrogen-bond donors (Lipinski definition) is 2. The molecule has 0 saturated heterocycles. The first-order valence-corrected chi connectivity index (χ1v) is 8.84. The van der Waals surface area contributed by atoms with E-state index in [9.17, 15) is 22.8 Å². The van der Waals surface area contributed by atoms with Crippen LogP contribution in [0.5, 0.6) is 0 Å². The molecule has 1 fully saturated rings. The topological polar surface area (TPSA) is 93.8 Å². The third kappa shape index (κ3) is 3.71. The minimum Gasteiger partial charge on any atom is -0.354 e. The zero-order valence-corrected chi connectivity index (χ0v) is 16.0. The maximum absolute atomic E-state index is 13.2. The molecule has 2 heterocycles. The van der Waals surface area contributed by atoms with Crippen LogP contribution in [0.4, 0.5) is 18.9 Å². The maximum atomic E-state index is 13.2. The fourth-order valence-electron chi connectivity index (χ4n) is 2.84. The average Bonchev–Trinajstić information content (AvgIpc) is 3.29. The minimum absolute atomic E-state index is 0.0116. The number of carbonyl (C=O) groups is 2. The molecule has 1 unspecified atom stereocenters. The number of rotatable bonds is 5. The van der Waals surface area contributed by atoms with Crippen LogP contribution in [-0.2, 0) is 18.0 Å². The van der Waals surface area contributed by atoms with Crippen LogP contribution in [0.1, 0.15) is 53.6 Å². The van der Waals surface area contributed by atoms with Crippen molar-refractivity contribution < 1.29 is 22.8 Å². The molecular weight excluding hydrogens is 401 g/mol. The summed E-state index contributed by atoms with van der Waals surface area (Å²) in [7, 11) is 2.98. The normalized spacial score (nSPS) is 15.4. The molecule has 28 heavy (non-hydrogen) atoms. The molecule has 0 bridgehead atoms. The van der Waals surface area contributed by atoms with Crippen molar-refractivity contribution in [1.29, 1.82) is 0 Å². The molecule has 0 radical (unpaired) electrons. The van der Waals surface area contributed by atoms with Crippen molar-refractivity contribution in [3.05, 3.63) is 28.3 Å². The Labute approximate surface area is 163 Å². The van der Waals surface area contributed by atoms with Crippen molar-refractivity contribution in [3.63, 3.8) is 0 Å². The summed E-state index contributed by atoms with van der Waals surface area (Å²) in [6.07, 6.45) is -1.94. The van der Waals surface area contributed by atoms with E-state index in [1.165, 1.54) is 24.9 Å². The van der Waals surface area contributed by atoms with Gasteiger partial charge in [-0.2, -0.15) is 23.4 Å². The van der Waals surface area contributed by atoms with Crippen molar-refractivity contribution >= 4 is 29.1 Å². The lowest BCUT2D eigenvalue weighted by Crippen LogP contribution is -2.27. The van der Waals surface area contributed by atoms with E-state index < -0.39 is 34.7 Å². The molecule has 0 spiro atoms. The second-order valence-electron chi connectivity index (χ2n) is 6.57. The van der Waals surface area contributed by atoms with Gasteiger partial charge in [0.25, 0.3) is 5.91 Å². The largest absolute Gasteiger partial charge is 0.436 e. The molecule has 1 aliphatic rings. The van der Waals surface area contributed by atoms with E-state index in [0.717, 1.165) is 4.68 Å². The number of aryl methyl sites for hydroxylation is 1. The summed E-state index contributed by atoms with van der Waals surface area (Å²) in [5, 5.41) is 12.0. The zero-order valence-electron chi connectivity index (χ0n) is 15.3. The van der Waals surface area contributed by atoms with Crippen molar-refractivity contribution in [2.24, 2.45) is 7.05 Å². The van der Waals surface area contributed by atoms with Gasteiger partial charge in [0, 0.05) is 26.2 Å². The summed E-state index contributed by atoms with van der Waals surface area (Å²) in [4.78, 5) is 24.6. The van der Waals surface area contributed by atoms with Gasteiger partial charge in [0.1, 0.15) is 6.04 Å². The van der Waals surface area contributed by atoms with Gasteiger partial charge in [0.05, 0.1) is 16.4 Å². The van der Waals surface area contributed by atoms with Crippen molar-refractivity contribution in [3.8, 4) is 0 Å². The number of alkyl halides is 3. The van der Waals surface area contributed by atoms with E-state index in [2.05, 4.69) is 20.8 Å². The van der Waals surface area contributed by atoms with Gasteiger partial charge in [-0.25, -0.2) is 0 Å². The van der Waals surface area contributed by atoms with Crippen LogP contribution in [0.15, 0.2) is 6.20 Å². The summed E-state index contributed by atoms with van der Waals surface area (Å²) < 4.78 is 42.0. The Balaban J connectivity index is 1.92. The Bertz CT molecular complexity index is 932. The number of aromatic nitrogens is 4. The number of hydrogen-bond acceptors (Lipinski definition) is 4. The van der Waals surface area contributed by atoms with E-state index in [-0.39, 0.29) is 23.0 Å². The summed E-state index contributed by atoms with van der Waals surface area (Å²) in [5.74, 6) is -1.32. The number of anilines is 1. The lowest BCUT2D eigenvalue weighted by Gasteiger charge is -2.15. The van der Waals surface area contributed by atoms with E-state index in [0.29, 0.717) is 12.8 Å². The van der Waals surface area contributed by atoms with Gasteiger partial charge in [0.15, 0.2) is 11.4 Å². The van der Waals surface area contributed by atoms with E-state index in [4.69, 9.17) is 11.6 Å². The number of nitrogens with zero attached hydrogens (tertiary/aromatic N) is 4. The van der Waals surface area contributed by atoms with Crippen LogP contribution in [-0.4, -0.2) is 38.4 Å². The highest BCUT2D eigenvalue weighted by molar-refractivity contribution is 6.32. The maximum Gasteiger partial charge on any atom is 0.436 e. The van der Waals surface area contributed by atoms with Gasteiger partial charge in [-0.1, -0.05) is 11.6 Å². The predicted octanol–water partition coefficient (Wildman–Crippen LogP) is 2.73. The van der Waals surface area contributed by atoms with Gasteiger partial charge in [-0.3, -0.25) is 19.0 Å². The number of amides is 2. The first-order valence-electron chi connectivity index (χ1n) is 8.46. The molecule has 1 aliphatic carbocycles. The number of nitrogens with one attached hydrogen (secondary N) is 2. The Morgan fingerprint density at radius 1 is 1.32 bits per heavy atom. The van der Waals surface area contributed by atoms with E-state index in [1.54, 1.807) is 7.05 Å². The molecule has 2 aromatic rings. The molecule has 8 nitrogen and oxygen atoms in total. The van der Waals surface area contributed by atoms with E-state index in [1.807, 2.05) is 0 Å². The highest BCUT2D eigenvalue weighted by Crippen LogP contribution is 2.47. The molecule has 0 aromatic carbocycles. The van der Waals surface area contributed by atoms with Crippen LogP contribution in [0.3, 0.4) is 0 Å². The molecule has 2 amide bonds. The molecule has 3 rings (SSSR count). The smallest absolute Gasteiger partial charge is 0.354 e. The molecule has 0 aliphatic heterocycles. The highest BCUT2D eigenvalue weighted by Gasteiger charge is 2.43. The Morgan fingerprint density at radius 2 is 1.96 bits per heavy atom. The van der Waals surface area contributed by atoms with Gasteiger partial charge in [-0.05, 0) is 19.8 Å². The predicted molar refractivity (Wildman–Crippen MR) is 94.2 cm³/mol. The monoisotopic (exact) mass is 418 g/mol. The molecular formula is C16H18ClF3N6O2. The van der Waals surface area contributed by atoms with Crippen LogP contribution in [0.2, 0.25) is 5.02 Å². The summed E-state index contributed by atoms with van der Waals surface area (Å²) >= 11 is 5.95. The molecule has 2 N–H and O–H groups in total. The van der Waals surface area contributed by atoms with Gasteiger partial charge in [0.2, 0.25) is 5.91 Å². The fraction of sp³-hybridized carbons (Fsp3) is 0.500. The molecule has 1 saturated carbocycles. The highest BCUT2D eigenvalue weighted by atomic mass is 35.5. The molecule has 12 heteroatoms. The fourth-order valence-corrected chi connectivity index (χ4v) is 3.23. The second-order valence-corrected chi connectivity index (χ2v) is 6.95. The average molecular weight is 419 g/mol. The minimum atomic E-state index is -4.72. The third-order valence-corrected chi connectivity index (χ3v) is 4.77. The van der Waals surface area contributed by atoms with Crippen molar-refractivity contribution in [1.82, 2.24) is 24.9 Å². The summed E-state index contributed by atoms with van der Waals surface area (Å²) in [6.45, 7) is 1.42. The molecule has 1 atom stereocenters. The van der Waals surface area contributed by atoms with Crippen LogP contribution in [0.25, 0.3) is 0 Å². The molecule has 2 aromatic heterocycles. The molecule has 152 valence electrons. The van der Waals surface area contributed by atoms with Crippen molar-refractivity contribution in [2.45, 2.75) is 37.9 Å².